The lowest BCUT2D eigenvalue weighted by Gasteiger charge is -2.11. The molecule has 0 bridgehead atoms. The van der Waals surface area contributed by atoms with Gasteiger partial charge in [-0.2, -0.15) is 0 Å². The van der Waals surface area contributed by atoms with Crippen LogP contribution >= 0.6 is 0 Å². The Balaban J connectivity index is 2.04. The number of hydrogen-bond donors (Lipinski definition) is 1. The summed E-state index contributed by atoms with van der Waals surface area (Å²) < 4.78 is 4.31. The molecule has 0 spiro atoms. The number of hydrogen-bond acceptors (Lipinski definition) is 2. The third kappa shape index (κ3) is 2.19. The number of phenolic OH excluding ortho intramolecular Hbond substituents is 1. The van der Waals surface area contributed by atoms with Gasteiger partial charge in [-0.15, -0.1) is 0 Å². The van der Waals surface area contributed by atoms with E-state index in [2.05, 4.69) is 34.4 Å². The summed E-state index contributed by atoms with van der Waals surface area (Å²) in [6, 6.07) is 19.5. The van der Waals surface area contributed by atoms with E-state index in [-0.39, 0.29) is 5.75 Å². The summed E-state index contributed by atoms with van der Waals surface area (Å²) in [5.74, 6) is 1.17. The van der Waals surface area contributed by atoms with Gasteiger partial charge in [0, 0.05) is 18.4 Å². The second-order valence-corrected chi connectivity index (χ2v) is 5.46. The molecule has 0 fully saturated rings. The number of aromatic nitrogens is 3. The third-order valence-corrected chi connectivity index (χ3v) is 4.07. The predicted molar refractivity (Wildman–Crippen MR) is 91.8 cm³/mol. The van der Waals surface area contributed by atoms with Crippen LogP contribution in [0.2, 0.25) is 0 Å². The molecule has 4 aromatic rings. The lowest BCUT2D eigenvalue weighted by Crippen LogP contribution is -2.02. The van der Waals surface area contributed by atoms with Crippen LogP contribution in [-0.2, 0) is 6.54 Å². The van der Waals surface area contributed by atoms with Crippen molar-refractivity contribution in [2.75, 3.05) is 0 Å². The van der Waals surface area contributed by atoms with E-state index in [0.29, 0.717) is 0 Å². The second-order valence-electron chi connectivity index (χ2n) is 5.46. The zero-order valence-corrected chi connectivity index (χ0v) is 12.8. The van der Waals surface area contributed by atoms with Gasteiger partial charge in [0.25, 0.3) is 0 Å². The third-order valence-electron chi connectivity index (χ3n) is 4.07. The van der Waals surface area contributed by atoms with E-state index in [1.54, 1.807) is 12.1 Å². The number of imidazole rings is 1. The predicted octanol–water partition coefficient (Wildman–Crippen LogP) is 4.22. The maximum Gasteiger partial charge on any atom is 0.162 e. The molecular formula is C19H17N3O. The quantitative estimate of drug-likeness (QED) is 0.616. The molecule has 0 atom stereocenters. The molecule has 114 valence electrons. The fourth-order valence-corrected chi connectivity index (χ4v) is 2.95. The molecule has 0 radical (unpaired) electrons. The summed E-state index contributed by atoms with van der Waals surface area (Å²) in [6.07, 6.45) is 2.07. The van der Waals surface area contributed by atoms with Crippen molar-refractivity contribution in [3.63, 3.8) is 0 Å². The molecule has 4 heteroatoms. The van der Waals surface area contributed by atoms with Gasteiger partial charge in [-0.1, -0.05) is 12.1 Å². The Labute approximate surface area is 134 Å². The van der Waals surface area contributed by atoms with E-state index in [1.165, 1.54) is 0 Å². The fourth-order valence-electron chi connectivity index (χ4n) is 2.95. The number of nitrogens with zero attached hydrogens (tertiary/aromatic N) is 3. The van der Waals surface area contributed by atoms with Crippen LogP contribution in [0.1, 0.15) is 6.92 Å². The number of aryl methyl sites for hydroxylation is 1. The number of para-hydroxylation sites is 2. The molecule has 4 rings (SSSR count). The molecule has 0 aliphatic rings. The SMILES string of the molecule is CCn1cccc1-c1nc2ccccc2n1-c1ccc(O)cc1. The fraction of sp³-hybridized carbons (Fsp3) is 0.105. The van der Waals surface area contributed by atoms with E-state index in [4.69, 9.17) is 4.98 Å². The molecule has 4 nitrogen and oxygen atoms in total. The molecule has 0 aliphatic heterocycles. The van der Waals surface area contributed by atoms with Crippen molar-refractivity contribution in [3.8, 4) is 23.0 Å². The van der Waals surface area contributed by atoms with Crippen LogP contribution in [0.4, 0.5) is 0 Å². The molecule has 1 N–H and O–H groups in total. The van der Waals surface area contributed by atoms with Gasteiger partial charge in [-0.3, -0.25) is 4.57 Å². The Bertz CT molecular complexity index is 964. The minimum absolute atomic E-state index is 0.261. The highest BCUT2D eigenvalue weighted by Crippen LogP contribution is 2.29. The smallest absolute Gasteiger partial charge is 0.162 e. The van der Waals surface area contributed by atoms with Crippen LogP contribution in [0.25, 0.3) is 28.2 Å². The van der Waals surface area contributed by atoms with Crippen LogP contribution in [0.3, 0.4) is 0 Å². The van der Waals surface area contributed by atoms with Gasteiger partial charge in [0.1, 0.15) is 5.75 Å². The first-order chi connectivity index (χ1) is 11.3. The largest absolute Gasteiger partial charge is 0.508 e. The first-order valence-corrected chi connectivity index (χ1v) is 7.70. The number of fused-ring (bicyclic) bond motifs is 1. The average Bonchev–Trinajstić information content (AvgIpc) is 3.19. The minimum atomic E-state index is 0.261. The molecule has 0 unspecified atom stereocenters. The molecule has 2 aromatic carbocycles. The van der Waals surface area contributed by atoms with Crippen molar-refractivity contribution < 1.29 is 5.11 Å². The van der Waals surface area contributed by atoms with Crippen molar-refractivity contribution in [1.29, 1.82) is 0 Å². The summed E-state index contributed by atoms with van der Waals surface area (Å²) in [6.45, 7) is 3.01. The van der Waals surface area contributed by atoms with E-state index in [0.717, 1.165) is 34.8 Å². The molecule has 2 heterocycles. The van der Waals surface area contributed by atoms with Gasteiger partial charge in [-0.05, 0) is 55.5 Å². The normalized spacial score (nSPS) is 11.2. The Morgan fingerprint density at radius 3 is 2.52 bits per heavy atom. The van der Waals surface area contributed by atoms with Gasteiger partial charge >= 0.3 is 0 Å². The molecule has 0 aliphatic carbocycles. The highest BCUT2D eigenvalue weighted by atomic mass is 16.3. The Kier molecular flexibility index (Phi) is 3.15. The monoisotopic (exact) mass is 303 g/mol. The Morgan fingerprint density at radius 1 is 0.957 bits per heavy atom. The van der Waals surface area contributed by atoms with Gasteiger partial charge in [0.15, 0.2) is 5.82 Å². The summed E-state index contributed by atoms with van der Waals surface area (Å²) in [7, 11) is 0. The van der Waals surface area contributed by atoms with Crippen molar-refractivity contribution in [1.82, 2.24) is 14.1 Å². The molecular weight excluding hydrogens is 286 g/mol. The second kappa shape index (κ2) is 5.32. The number of benzene rings is 2. The van der Waals surface area contributed by atoms with Crippen molar-refractivity contribution in [3.05, 3.63) is 66.9 Å². The van der Waals surface area contributed by atoms with Gasteiger partial charge in [0.2, 0.25) is 0 Å². The van der Waals surface area contributed by atoms with E-state index in [9.17, 15) is 5.11 Å². The topological polar surface area (TPSA) is 43.0 Å². The van der Waals surface area contributed by atoms with E-state index in [1.807, 2.05) is 36.4 Å². The zero-order valence-electron chi connectivity index (χ0n) is 12.8. The Morgan fingerprint density at radius 2 is 1.74 bits per heavy atom. The van der Waals surface area contributed by atoms with E-state index < -0.39 is 0 Å². The summed E-state index contributed by atoms with van der Waals surface area (Å²) in [4.78, 5) is 4.84. The molecule has 2 aromatic heterocycles. The van der Waals surface area contributed by atoms with Crippen LogP contribution in [0.5, 0.6) is 5.75 Å². The summed E-state index contributed by atoms with van der Waals surface area (Å²) >= 11 is 0. The van der Waals surface area contributed by atoms with Crippen molar-refractivity contribution in [2.45, 2.75) is 13.5 Å². The van der Waals surface area contributed by atoms with Crippen molar-refractivity contribution in [2.24, 2.45) is 0 Å². The first-order valence-electron chi connectivity index (χ1n) is 7.70. The standard InChI is InChI=1S/C19H17N3O/c1-2-21-13-5-8-18(21)19-20-16-6-3-4-7-17(16)22(19)14-9-11-15(23)12-10-14/h3-13,23H,2H2,1H3. The lowest BCUT2D eigenvalue weighted by molar-refractivity contribution is 0.475. The average molecular weight is 303 g/mol. The van der Waals surface area contributed by atoms with Crippen LogP contribution in [0, 0.1) is 0 Å². The molecule has 0 amide bonds. The van der Waals surface area contributed by atoms with Crippen molar-refractivity contribution >= 4 is 11.0 Å². The lowest BCUT2D eigenvalue weighted by atomic mass is 10.2. The Hall–Kier alpha value is -3.01. The highest BCUT2D eigenvalue weighted by Gasteiger charge is 2.16. The zero-order chi connectivity index (χ0) is 15.8. The maximum absolute atomic E-state index is 9.57. The number of aromatic hydroxyl groups is 1. The van der Waals surface area contributed by atoms with Gasteiger partial charge < -0.3 is 9.67 Å². The first kappa shape index (κ1) is 13.6. The summed E-state index contributed by atoms with van der Waals surface area (Å²) in [5, 5.41) is 9.57. The van der Waals surface area contributed by atoms with E-state index >= 15 is 0 Å². The maximum atomic E-state index is 9.57. The van der Waals surface area contributed by atoms with Crippen LogP contribution in [0.15, 0.2) is 66.9 Å². The van der Waals surface area contributed by atoms with Gasteiger partial charge in [-0.25, -0.2) is 4.98 Å². The minimum Gasteiger partial charge on any atom is -0.508 e. The number of phenols is 1. The molecule has 23 heavy (non-hydrogen) atoms. The molecule has 0 saturated heterocycles. The van der Waals surface area contributed by atoms with Crippen LogP contribution in [-0.4, -0.2) is 19.2 Å². The summed E-state index contributed by atoms with van der Waals surface area (Å²) in [5.41, 5.74) is 4.07. The highest BCUT2D eigenvalue weighted by molar-refractivity contribution is 5.82. The van der Waals surface area contributed by atoms with Crippen LogP contribution < -0.4 is 0 Å². The number of rotatable bonds is 3. The molecule has 0 saturated carbocycles. The van der Waals surface area contributed by atoms with Gasteiger partial charge in [0.05, 0.1) is 16.7 Å².